The fourth-order valence-electron chi connectivity index (χ4n) is 2.13. The highest BCUT2D eigenvalue weighted by Crippen LogP contribution is 2.23. The van der Waals surface area contributed by atoms with Gasteiger partial charge in [-0.25, -0.2) is 0 Å². The fraction of sp³-hybridized carbons (Fsp3) is 0.0526. The lowest BCUT2D eigenvalue weighted by Crippen LogP contribution is -2.10. The van der Waals surface area contributed by atoms with E-state index in [9.17, 15) is 9.59 Å². The lowest BCUT2D eigenvalue weighted by Gasteiger charge is -2.06. The molecule has 126 valence electrons. The quantitative estimate of drug-likeness (QED) is 0.439. The van der Waals surface area contributed by atoms with E-state index in [-0.39, 0.29) is 17.5 Å². The molecule has 0 saturated carbocycles. The number of carbonyl (C=O) groups is 2. The Bertz CT molecular complexity index is 876. The topological polar surface area (TPSA) is 59.3 Å². The largest absolute Gasteiger partial charge is 0.459 e. The molecule has 4 nitrogen and oxygen atoms in total. The van der Waals surface area contributed by atoms with Gasteiger partial charge in [-0.1, -0.05) is 34.1 Å². The maximum absolute atomic E-state index is 12.2. The number of carbonyl (C=O) groups excluding carboxylic acids is 2. The molecule has 1 N–H and O–H groups in total. The second-order valence-corrected chi connectivity index (χ2v) is 7.14. The molecule has 2 aromatic carbocycles. The van der Waals surface area contributed by atoms with E-state index < -0.39 is 0 Å². The van der Waals surface area contributed by atoms with Crippen LogP contribution in [-0.2, 0) is 0 Å². The van der Waals surface area contributed by atoms with Crippen molar-refractivity contribution in [3.8, 4) is 0 Å². The Hall–Kier alpha value is -2.31. The number of benzene rings is 2. The van der Waals surface area contributed by atoms with Gasteiger partial charge in [-0.3, -0.25) is 9.59 Å². The van der Waals surface area contributed by atoms with Crippen molar-refractivity contribution in [1.29, 1.82) is 0 Å². The van der Waals surface area contributed by atoms with Crippen molar-refractivity contribution in [2.75, 3.05) is 11.1 Å². The lowest BCUT2D eigenvalue weighted by molar-refractivity contribution is 0.0994. The van der Waals surface area contributed by atoms with Crippen molar-refractivity contribution in [2.45, 2.75) is 4.90 Å². The first-order chi connectivity index (χ1) is 12.1. The van der Waals surface area contributed by atoms with Gasteiger partial charge in [-0.05, 0) is 42.5 Å². The number of halogens is 1. The highest BCUT2D eigenvalue weighted by Gasteiger charge is 2.10. The third-order valence-corrected chi connectivity index (χ3v) is 4.90. The minimum absolute atomic E-state index is 0.0579. The van der Waals surface area contributed by atoms with Crippen LogP contribution < -0.4 is 5.32 Å². The van der Waals surface area contributed by atoms with Crippen molar-refractivity contribution in [3.05, 3.63) is 82.7 Å². The van der Waals surface area contributed by atoms with Crippen LogP contribution in [0, 0.1) is 0 Å². The Morgan fingerprint density at radius 2 is 1.84 bits per heavy atom. The summed E-state index contributed by atoms with van der Waals surface area (Å²) in [5, 5.41) is 2.77. The number of Topliss-reactive ketones (excluding diaryl/α,β-unsaturated/α-hetero) is 1. The summed E-state index contributed by atoms with van der Waals surface area (Å²) in [4.78, 5) is 25.1. The summed E-state index contributed by atoms with van der Waals surface area (Å²) in [6, 6.07) is 17.9. The summed E-state index contributed by atoms with van der Waals surface area (Å²) >= 11 is 4.78. The van der Waals surface area contributed by atoms with Gasteiger partial charge in [-0.15, -0.1) is 11.8 Å². The molecule has 3 aromatic rings. The van der Waals surface area contributed by atoms with Gasteiger partial charge in [-0.2, -0.15) is 0 Å². The predicted octanol–water partition coefficient (Wildman–Crippen LogP) is 5.27. The molecule has 3 rings (SSSR count). The zero-order valence-electron chi connectivity index (χ0n) is 13.1. The highest BCUT2D eigenvalue weighted by atomic mass is 79.9. The molecule has 0 fully saturated rings. The van der Waals surface area contributed by atoms with Gasteiger partial charge < -0.3 is 9.73 Å². The van der Waals surface area contributed by atoms with Gasteiger partial charge in [0.25, 0.3) is 5.91 Å². The number of nitrogens with one attached hydrogen (secondary N) is 1. The summed E-state index contributed by atoms with van der Waals surface area (Å²) in [6.07, 6.45) is 1.45. The molecule has 0 bridgehead atoms. The summed E-state index contributed by atoms with van der Waals surface area (Å²) in [6.45, 7) is 0. The second-order valence-electron chi connectivity index (χ2n) is 5.18. The standard InChI is InChI=1S/C19H14BrNO3S/c20-14-8-6-13(7-9-14)17(22)12-25-16-4-1-3-15(11-16)21-19(23)18-5-2-10-24-18/h1-11H,12H2,(H,21,23). The van der Waals surface area contributed by atoms with E-state index in [2.05, 4.69) is 21.2 Å². The van der Waals surface area contributed by atoms with Crippen LogP contribution in [0.4, 0.5) is 5.69 Å². The van der Waals surface area contributed by atoms with Crippen LogP contribution in [0.5, 0.6) is 0 Å². The molecule has 0 aliphatic rings. The monoisotopic (exact) mass is 415 g/mol. The number of ketones is 1. The summed E-state index contributed by atoms with van der Waals surface area (Å²) in [7, 11) is 0. The zero-order valence-corrected chi connectivity index (χ0v) is 15.5. The number of thioether (sulfide) groups is 1. The van der Waals surface area contributed by atoms with Crippen LogP contribution in [0.15, 0.2) is 80.7 Å². The third kappa shape index (κ3) is 4.84. The number of hydrogen-bond acceptors (Lipinski definition) is 4. The molecule has 0 unspecified atom stereocenters. The Labute approximate surface area is 157 Å². The van der Waals surface area contributed by atoms with Crippen LogP contribution in [0.25, 0.3) is 0 Å². The number of amides is 1. The molecule has 0 atom stereocenters. The van der Waals surface area contributed by atoms with Gasteiger partial charge in [0.15, 0.2) is 11.5 Å². The van der Waals surface area contributed by atoms with E-state index in [0.717, 1.165) is 9.37 Å². The number of furan rings is 1. The van der Waals surface area contributed by atoms with Gasteiger partial charge in [0.05, 0.1) is 12.0 Å². The average molecular weight is 416 g/mol. The van der Waals surface area contributed by atoms with Crippen LogP contribution in [0.2, 0.25) is 0 Å². The van der Waals surface area contributed by atoms with Gasteiger partial charge in [0.1, 0.15) is 0 Å². The molecule has 0 spiro atoms. The minimum Gasteiger partial charge on any atom is -0.459 e. The SMILES string of the molecule is O=C(CSc1cccc(NC(=O)c2ccco2)c1)c1ccc(Br)cc1. The van der Waals surface area contributed by atoms with E-state index in [0.29, 0.717) is 17.0 Å². The van der Waals surface area contributed by atoms with Crippen molar-refractivity contribution in [2.24, 2.45) is 0 Å². The van der Waals surface area contributed by atoms with Crippen LogP contribution in [0.1, 0.15) is 20.9 Å². The molecule has 6 heteroatoms. The van der Waals surface area contributed by atoms with Crippen LogP contribution >= 0.6 is 27.7 Å². The van der Waals surface area contributed by atoms with Gasteiger partial charge >= 0.3 is 0 Å². The molecule has 0 saturated heterocycles. The van der Waals surface area contributed by atoms with E-state index in [1.807, 2.05) is 30.3 Å². The predicted molar refractivity (Wildman–Crippen MR) is 102 cm³/mol. The lowest BCUT2D eigenvalue weighted by atomic mass is 10.2. The first-order valence-corrected chi connectivity index (χ1v) is 9.26. The van der Waals surface area contributed by atoms with Gasteiger partial charge in [0, 0.05) is 20.6 Å². The molecular weight excluding hydrogens is 402 g/mol. The molecule has 1 heterocycles. The number of anilines is 1. The third-order valence-electron chi connectivity index (χ3n) is 3.37. The van der Waals surface area contributed by atoms with E-state index in [4.69, 9.17) is 4.42 Å². The van der Waals surface area contributed by atoms with Crippen molar-refractivity contribution < 1.29 is 14.0 Å². The Kier molecular flexibility index (Phi) is 5.73. The summed E-state index contributed by atoms with van der Waals surface area (Å²) < 4.78 is 6.01. The highest BCUT2D eigenvalue weighted by molar-refractivity contribution is 9.10. The molecular formula is C19H14BrNO3S. The van der Waals surface area contributed by atoms with Crippen LogP contribution in [-0.4, -0.2) is 17.4 Å². The maximum Gasteiger partial charge on any atom is 0.291 e. The molecule has 1 amide bonds. The maximum atomic E-state index is 12.2. The molecule has 0 aliphatic heterocycles. The van der Waals surface area contributed by atoms with E-state index in [1.54, 1.807) is 30.3 Å². The smallest absolute Gasteiger partial charge is 0.291 e. The Morgan fingerprint density at radius 3 is 2.56 bits per heavy atom. The van der Waals surface area contributed by atoms with E-state index in [1.165, 1.54) is 18.0 Å². The summed E-state index contributed by atoms with van der Waals surface area (Å²) in [5.41, 5.74) is 1.33. The fourth-order valence-corrected chi connectivity index (χ4v) is 3.25. The van der Waals surface area contributed by atoms with Crippen LogP contribution in [0.3, 0.4) is 0 Å². The summed E-state index contributed by atoms with van der Waals surface area (Å²) in [5.74, 6) is 0.334. The number of rotatable bonds is 6. The average Bonchev–Trinajstić information content (AvgIpc) is 3.15. The first-order valence-electron chi connectivity index (χ1n) is 7.48. The minimum atomic E-state index is -0.307. The zero-order chi connectivity index (χ0) is 17.6. The Balaban J connectivity index is 1.60. The molecule has 0 aliphatic carbocycles. The van der Waals surface area contributed by atoms with Crippen molar-refractivity contribution >= 4 is 45.1 Å². The van der Waals surface area contributed by atoms with E-state index >= 15 is 0 Å². The normalized spacial score (nSPS) is 10.4. The molecule has 25 heavy (non-hydrogen) atoms. The van der Waals surface area contributed by atoms with Gasteiger partial charge in [0.2, 0.25) is 0 Å². The van der Waals surface area contributed by atoms with Crippen molar-refractivity contribution in [1.82, 2.24) is 0 Å². The Morgan fingerprint density at radius 1 is 1.04 bits per heavy atom. The molecule has 1 aromatic heterocycles. The first kappa shape index (κ1) is 17.5. The second kappa shape index (κ2) is 8.18. The van der Waals surface area contributed by atoms with Crippen molar-refractivity contribution in [3.63, 3.8) is 0 Å². The number of hydrogen-bond donors (Lipinski definition) is 1. The molecule has 0 radical (unpaired) electrons.